The first-order valence-corrected chi connectivity index (χ1v) is 5.02. The van der Waals surface area contributed by atoms with Gasteiger partial charge in [-0.15, -0.1) is 0 Å². The molecule has 1 nitrogen and oxygen atoms in total. The highest BCUT2D eigenvalue weighted by molar-refractivity contribution is 14.1. The van der Waals surface area contributed by atoms with E-state index in [1.165, 1.54) is 3.57 Å². The standard InChI is InChI=1S/C9H10ClIO/c1-5-7(10)4-8(12-3)6(2)9(5)11/h4H,1-3H3. The van der Waals surface area contributed by atoms with Crippen LogP contribution in [0.1, 0.15) is 11.1 Å². The largest absolute Gasteiger partial charge is 0.496 e. The van der Waals surface area contributed by atoms with Gasteiger partial charge in [-0.25, -0.2) is 0 Å². The van der Waals surface area contributed by atoms with E-state index in [1.54, 1.807) is 7.11 Å². The van der Waals surface area contributed by atoms with Gasteiger partial charge in [0.1, 0.15) is 5.75 Å². The zero-order valence-corrected chi connectivity index (χ0v) is 10.2. The summed E-state index contributed by atoms with van der Waals surface area (Å²) in [6.07, 6.45) is 0. The highest BCUT2D eigenvalue weighted by atomic mass is 127. The van der Waals surface area contributed by atoms with Crippen LogP contribution in [-0.4, -0.2) is 7.11 Å². The molecule has 0 N–H and O–H groups in total. The van der Waals surface area contributed by atoms with E-state index in [-0.39, 0.29) is 0 Å². The van der Waals surface area contributed by atoms with Crippen molar-refractivity contribution in [1.82, 2.24) is 0 Å². The van der Waals surface area contributed by atoms with Crippen molar-refractivity contribution >= 4 is 34.2 Å². The van der Waals surface area contributed by atoms with E-state index in [9.17, 15) is 0 Å². The van der Waals surface area contributed by atoms with Gasteiger partial charge in [-0.05, 0) is 48.1 Å². The molecule has 0 aliphatic heterocycles. The Bertz CT molecular complexity index is 310. The van der Waals surface area contributed by atoms with E-state index in [1.807, 2.05) is 19.9 Å². The highest BCUT2D eigenvalue weighted by Crippen LogP contribution is 2.31. The SMILES string of the molecule is COc1cc(Cl)c(C)c(I)c1C. The van der Waals surface area contributed by atoms with Crippen molar-refractivity contribution in [3.63, 3.8) is 0 Å². The van der Waals surface area contributed by atoms with Gasteiger partial charge in [0.25, 0.3) is 0 Å². The maximum Gasteiger partial charge on any atom is 0.124 e. The number of hydrogen-bond acceptors (Lipinski definition) is 1. The van der Waals surface area contributed by atoms with E-state index < -0.39 is 0 Å². The Balaban J connectivity index is 3.39. The van der Waals surface area contributed by atoms with Gasteiger partial charge >= 0.3 is 0 Å². The topological polar surface area (TPSA) is 9.23 Å². The molecule has 0 aliphatic carbocycles. The smallest absolute Gasteiger partial charge is 0.124 e. The Hall–Kier alpha value is 0.0400. The average molecular weight is 297 g/mol. The summed E-state index contributed by atoms with van der Waals surface area (Å²) in [6, 6.07) is 1.86. The van der Waals surface area contributed by atoms with Crippen LogP contribution in [0, 0.1) is 17.4 Å². The number of hydrogen-bond donors (Lipinski definition) is 0. The van der Waals surface area contributed by atoms with Crippen LogP contribution < -0.4 is 4.74 Å². The third-order valence-electron chi connectivity index (χ3n) is 1.86. The van der Waals surface area contributed by atoms with Gasteiger partial charge in [-0.2, -0.15) is 0 Å². The molecule has 1 aromatic rings. The van der Waals surface area contributed by atoms with Crippen molar-refractivity contribution in [3.05, 3.63) is 25.8 Å². The molecule has 66 valence electrons. The van der Waals surface area contributed by atoms with Gasteiger partial charge < -0.3 is 4.74 Å². The van der Waals surface area contributed by atoms with E-state index in [0.717, 1.165) is 21.9 Å². The molecular formula is C9H10ClIO. The average Bonchev–Trinajstić information content (AvgIpc) is 2.08. The molecule has 1 rings (SSSR count). The molecule has 0 amide bonds. The number of halogens is 2. The molecule has 1 aromatic carbocycles. The summed E-state index contributed by atoms with van der Waals surface area (Å²) in [7, 11) is 1.66. The maximum atomic E-state index is 5.99. The lowest BCUT2D eigenvalue weighted by Crippen LogP contribution is -1.93. The number of rotatable bonds is 1. The molecule has 3 heteroatoms. The quantitative estimate of drug-likeness (QED) is 0.720. The van der Waals surface area contributed by atoms with Crippen LogP contribution in [-0.2, 0) is 0 Å². The van der Waals surface area contributed by atoms with Crippen LogP contribution in [0.3, 0.4) is 0 Å². The molecular weight excluding hydrogens is 286 g/mol. The molecule has 0 saturated heterocycles. The van der Waals surface area contributed by atoms with Crippen molar-refractivity contribution in [3.8, 4) is 5.75 Å². The zero-order valence-electron chi connectivity index (χ0n) is 7.24. The summed E-state index contributed by atoms with van der Waals surface area (Å²) in [4.78, 5) is 0. The minimum atomic E-state index is 0.766. The number of benzene rings is 1. The summed E-state index contributed by atoms with van der Waals surface area (Å²) in [5.41, 5.74) is 2.27. The second-order valence-electron chi connectivity index (χ2n) is 2.62. The normalized spacial score (nSPS) is 10.1. The monoisotopic (exact) mass is 296 g/mol. The van der Waals surface area contributed by atoms with Gasteiger partial charge in [0.2, 0.25) is 0 Å². The number of methoxy groups -OCH3 is 1. The van der Waals surface area contributed by atoms with E-state index >= 15 is 0 Å². The summed E-state index contributed by atoms with van der Waals surface area (Å²) >= 11 is 8.26. The maximum absolute atomic E-state index is 5.99. The third kappa shape index (κ3) is 1.69. The van der Waals surface area contributed by atoms with E-state index in [0.29, 0.717) is 0 Å². The Morgan fingerprint density at radius 3 is 2.42 bits per heavy atom. The molecule has 0 bridgehead atoms. The molecule has 0 saturated carbocycles. The first kappa shape index (κ1) is 10.1. The molecule has 0 fully saturated rings. The Kier molecular flexibility index (Phi) is 3.23. The first-order valence-electron chi connectivity index (χ1n) is 3.57. The second-order valence-corrected chi connectivity index (χ2v) is 4.11. The fourth-order valence-electron chi connectivity index (χ4n) is 1.04. The summed E-state index contributed by atoms with van der Waals surface area (Å²) in [6.45, 7) is 4.04. The Morgan fingerprint density at radius 2 is 1.92 bits per heavy atom. The van der Waals surface area contributed by atoms with Crippen LogP contribution in [0.25, 0.3) is 0 Å². The predicted molar refractivity (Wildman–Crippen MR) is 60.2 cm³/mol. The van der Waals surface area contributed by atoms with Crippen LogP contribution >= 0.6 is 34.2 Å². The van der Waals surface area contributed by atoms with Gasteiger partial charge in [-0.1, -0.05) is 11.6 Å². The van der Waals surface area contributed by atoms with Crippen molar-refractivity contribution in [2.45, 2.75) is 13.8 Å². The summed E-state index contributed by atoms with van der Waals surface area (Å²) in [5.74, 6) is 0.856. The molecule has 0 radical (unpaired) electrons. The fraction of sp³-hybridized carbons (Fsp3) is 0.333. The lowest BCUT2D eigenvalue weighted by atomic mass is 10.1. The molecule has 0 unspecified atom stereocenters. The van der Waals surface area contributed by atoms with Crippen molar-refractivity contribution < 1.29 is 4.74 Å². The van der Waals surface area contributed by atoms with E-state index in [2.05, 4.69) is 22.6 Å². The van der Waals surface area contributed by atoms with Gasteiger partial charge in [-0.3, -0.25) is 0 Å². The van der Waals surface area contributed by atoms with Crippen LogP contribution in [0.2, 0.25) is 5.02 Å². The molecule has 12 heavy (non-hydrogen) atoms. The summed E-state index contributed by atoms with van der Waals surface area (Å²) in [5, 5.41) is 0.766. The zero-order chi connectivity index (χ0) is 9.30. The minimum absolute atomic E-state index is 0.766. The van der Waals surface area contributed by atoms with Crippen molar-refractivity contribution in [2.24, 2.45) is 0 Å². The van der Waals surface area contributed by atoms with Crippen LogP contribution in [0.5, 0.6) is 5.75 Å². The molecule has 0 atom stereocenters. The van der Waals surface area contributed by atoms with Gasteiger partial charge in [0, 0.05) is 14.2 Å². The van der Waals surface area contributed by atoms with E-state index in [4.69, 9.17) is 16.3 Å². The third-order valence-corrected chi connectivity index (χ3v) is 3.87. The molecule has 0 aliphatic rings. The molecule has 0 spiro atoms. The van der Waals surface area contributed by atoms with Crippen LogP contribution in [0.15, 0.2) is 6.07 Å². The Morgan fingerprint density at radius 1 is 1.33 bits per heavy atom. The number of ether oxygens (including phenoxy) is 1. The predicted octanol–water partition coefficient (Wildman–Crippen LogP) is 3.57. The van der Waals surface area contributed by atoms with Gasteiger partial charge in [0.15, 0.2) is 0 Å². The summed E-state index contributed by atoms with van der Waals surface area (Å²) < 4.78 is 6.35. The van der Waals surface area contributed by atoms with Crippen molar-refractivity contribution in [1.29, 1.82) is 0 Å². The minimum Gasteiger partial charge on any atom is -0.496 e. The first-order chi connectivity index (χ1) is 5.57. The Labute approximate surface area is 91.2 Å². The fourth-order valence-corrected chi connectivity index (χ4v) is 1.95. The second kappa shape index (κ2) is 3.83. The lowest BCUT2D eigenvalue weighted by Gasteiger charge is -2.10. The highest BCUT2D eigenvalue weighted by Gasteiger charge is 2.08. The van der Waals surface area contributed by atoms with Crippen LogP contribution in [0.4, 0.5) is 0 Å². The lowest BCUT2D eigenvalue weighted by molar-refractivity contribution is 0.411. The van der Waals surface area contributed by atoms with Gasteiger partial charge in [0.05, 0.1) is 7.11 Å². The van der Waals surface area contributed by atoms with Crippen molar-refractivity contribution in [2.75, 3.05) is 7.11 Å². The molecule has 0 aromatic heterocycles. The molecule has 0 heterocycles.